The van der Waals surface area contributed by atoms with Crippen molar-refractivity contribution in [3.63, 3.8) is 0 Å². The summed E-state index contributed by atoms with van der Waals surface area (Å²) in [5.74, 6) is -1.42. The zero-order valence-electron chi connectivity index (χ0n) is 10.8. The van der Waals surface area contributed by atoms with Crippen molar-refractivity contribution in [2.45, 2.75) is 18.5 Å². The second-order valence-corrected chi connectivity index (χ2v) is 3.47. The van der Waals surface area contributed by atoms with Gasteiger partial charge in [0.15, 0.2) is 13.2 Å². The summed E-state index contributed by atoms with van der Waals surface area (Å²) in [6.07, 6.45) is -18.0. The molecule has 0 aliphatic heterocycles. The Morgan fingerprint density at radius 3 is 1.87 bits per heavy atom. The van der Waals surface area contributed by atoms with Crippen LogP contribution in [0.15, 0.2) is 25.0 Å². The maximum atomic E-state index is 12.9. The molecule has 0 fully saturated rings. The summed E-state index contributed by atoms with van der Waals surface area (Å²) < 4.78 is 112. The highest BCUT2D eigenvalue weighted by Gasteiger charge is 2.53. The molecular formula is C10H8F8O5. The van der Waals surface area contributed by atoms with E-state index in [1.807, 2.05) is 0 Å². The minimum atomic E-state index is -5.56. The van der Waals surface area contributed by atoms with E-state index in [0.717, 1.165) is 0 Å². The minimum absolute atomic E-state index is 0.424. The highest BCUT2D eigenvalue weighted by Crippen LogP contribution is 2.33. The van der Waals surface area contributed by atoms with E-state index in [9.17, 15) is 39.9 Å². The number of alkyl halides is 6. The molecular weight excluding hydrogens is 352 g/mol. The van der Waals surface area contributed by atoms with E-state index in [-0.39, 0.29) is 0 Å². The van der Waals surface area contributed by atoms with Crippen molar-refractivity contribution in [1.29, 1.82) is 0 Å². The highest BCUT2D eigenvalue weighted by atomic mass is 19.3. The lowest BCUT2D eigenvalue weighted by Crippen LogP contribution is -2.44. The molecule has 0 saturated carbocycles. The normalized spacial score (nSPS) is 12.5. The van der Waals surface area contributed by atoms with Gasteiger partial charge in [0, 0.05) is 6.08 Å². The molecule has 0 aliphatic rings. The molecule has 0 aromatic carbocycles. The largest absolute Gasteiger partial charge is 0.495 e. The standard InChI is InChI=1S/C10H8F8O5/c1-2-7(19)21-5-9(15,16)23-10(17,18)22-8(13,14)4-20-3-6(11)12/h2-3H,1,4-5H2. The highest BCUT2D eigenvalue weighted by molar-refractivity contribution is 5.81. The van der Waals surface area contributed by atoms with Crippen molar-refractivity contribution in [2.24, 2.45) is 0 Å². The first-order chi connectivity index (χ1) is 10.3. The summed E-state index contributed by atoms with van der Waals surface area (Å²) in [6, 6.07) is 0. The molecule has 5 nitrogen and oxygen atoms in total. The van der Waals surface area contributed by atoms with E-state index in [0.29, 0.717) is 6.08 Å². The number of rotatable bonds is 10. The SMILES string of the molecule is C=CC(=O)OCC(F)(F)OC(F)(F)OC(F)(F)COC=C(F)F. The van der Waals surface area contributed by atoms with Crippen LogP contribution in [-0.4, -0.2) is 37.7 Å². The van der Waals surface area contributed by atoms with Crippen LogP contribution in [0.5, 0.6) is 0 Å². The number of halogens is 8. The topological polar surface area (TPSA) is 54.0 Å². The van der Waals surface area contributed by atoms with Crippen LogP contribution in [-0.2, 0) is 23.7 Å². The van der Waals surface area contributed by atoms with E-state index in [1.165, 1.54) is 0 Å². The fourth-order valence-corrected chi connectivity index (χ4v) is 0.843. The predicted molar refractivity (Wildman–Crippen MR) is 54.4 cm³/mol. The summed E-state index contributed by atoms with van der Waals surface area (Å²) in [6.45, 7) is -1.36. The van der Waals surface area contributed by atoms with Crippen LogP contribution in [0.25, 0.3) is 0 Å². The van der Waals surface area contributed by atoms with E-state index in [2.05, 4.69) is 25.5 Å². The van der Waals surface area contributed by atoms with Gasteiger partial charge in [-0.15, -0.1) is 8.78 Å². The number of carbonyl (C=O) groups is 1. The third-order valence-corrected chi connectivity index (χ3v) is 1.51. The molecule has 0 amide bonds. The molecule has 0 heterocycles. The second-order valence-electron chi connectivity index (χ2n) is 3.47. The van der Waals surface area contributed by atoms with Gasteiger partial charge in [-0.1, -0.05) is 6.58 Å². The fourth-order valence-electron chi connectivity index (χ4n) is 0.843. The van der Waals surface area contributed by atoms with Gasteiger partial charge in [-0.3, -0.25) is 0 Å². The Morgan fingerprint density at radius 1 is 0.957 bits per heavy atom. The summed E-state index contributed by atoms with van der Waals surface area (Å²) >= 11 is 0. The predicted octanol–water partition coefficient (Wildman–Crippen LogP) is 3.24. The average molecular weight is 360 g/mol. The van der Waals surface area contributed by atoms with Crippen LogP contribution in [0.4, 0.5) is 35.1 Å². The van der Waals surface area contributed by atoms with E-state index >= 15 is 0 Å². The molecule has 0 bridgehead atoms. The number of carbonyl (C=O) groups excluding carboxylic acids is 1. The van der Waals surface area contributed by atoms with Crippen LogP contribution < -0.4 is 0 Å². The molecule has 0 aliphatic carbocycles. The van der Waals surface area contributed by atoms with Crippen molar-refractivity contribution in [1.82, 2.24) is 0 Å². The van der Waals surface area contributed by atoms with Crippen LogP contribution in [0, 0.1) is 0 Å². The zero-order chi connectivity index (χ0) is 18.3. The first-order valence-electron chi connectivity index (χ1n) is 5.24. The Kier molecular flexibility index (Phi) is 7.43. The second kappa shape index (κ2) is 8.10. The Labute approximate surface area is 123 Å². The monoisotopic (exact) mass is 360 g/mol. The van der Waals surface area contributed by atoms with E-state index in [1.54, 1.807) is 0 Å². The third-order valence-electron chi connectivity index (χ3n) is 1.51. The quantitative estimate of drug-likeness (QED) is 0.197. The van der Waals surface area contributed by atoms with E-state index in [4.69, 9.17) is 0 Å². The molecule has 0 atom stereocenters. The third kappa shape index (κ3) is 10.5. The average Bonchev–Trinajstić information content (AvgIpc) is 2.32. The summed E-state index contributed by atoms with van der Waals surface area (Å²) in [5, 5.41) is 0. The van der Waals surface area contributed by atoms with Crippen molar-refractivity contribution in [3.8, 4) is 0 Å². The van der Waals surface area contributed by atoms with Crippen molar-refractivity contribution >= 4 is 5.97 Å². The molecule has 13 heteroatoms. The van der Waals surface area contributed by atoms with Gasteiger partial charge >= 0.3 is 30.6 Å². The number of ether oxygens (including phenoxy) is 4. The van der Waals surface area contributed by atoms with Gasteiger partial charge in [-0.2, -0.15) is 26.3 Å². The first-order valence-corrected chi connectivity index (χ1v) is 5.24. The molecule has 0 radical (unpaired) electrons. The van der Waals surface area contributed by atoms with Gasteiger partial charge in [-0.25, -0.2) is 14.3 Å². The Balaban J connectivity index is 4.62. The molecule has 0 aromatic rings. The lowest BCUT2D eigenvalue weighted by Gasteiger charge is -2.25. The van der Waals surface area contributed by atoms with Crippen molar-refractivity contribution < 1.29 is 58.9 Å². The molecule has 134 valence electrons. The molecule has 23 heavy (non-hydrogen) atoms. The van der Waals surface area contributed by atoms with Crippen LogP contribution in [0.3, 0.4) is 0 Å². The van der Waals surface area contributed by atoms with Gasteiger partial charge in [-0.05, 0) is 0 Å². The van der Waals surface area contributed by atoms with Gasteiger partial charge < -0.3 is 9.47 Å². The Morgan fingerprint density at radius 2 is 1.43 bits per heavy atom. The molecule has 0 spiro atoms. The Bertz CT molecular complexity index is 447. The minimum Gasteiger partial charge on any atom is -0.486 e. The molecule has 0 saturated heterocycles. The van der Waals surface area contributed by atoms with Crippen molar-refractivity contribution in [3.05, 3.63) is 25.0 Å². The summed E-state index contributed by atoms with van der Waals surface area (Å²) in [5.41, 5.74) is 0. The maximum Gasteiger partial charge on any atom is 0.495 e. The fraction of sp³-hybridized carbons (Fsp3) is 0.500. The zero-order valence-corrected chi connectivity index (χ0v) is 10.8. The smallest absolute Gasteiger partial charge is 0.486 e. The first kappa shape index (κ1) is 21.1. The van der Waals surface area contributed by atoms with Crippen LogP contribution in [0.1, 0.15) is 0 Å². The van der Waals surface area contributed by atoms with Gasteiger partial charge in [0.2, 0.25) is 0 Å². The number of esters is 1. The van der Waals surface area contributed by atoms with Crippen LogP contribution in [0.2, 0.25) is 0 Å². The lowest BCUT2D eigenvalue weighted by atomic mass is 10.6. The van der Waals surface area contributed by atoms with Crippen molar-refractivity contribution in [2.75, 3.05) is 13.2 Å². The summed E-state index contributed by atoms with van der Waals surface area (Å²) in [4.78, 5) is 10.5. The number of hydrogen-bond donors (Lipinski definition) is 0. The molecule has 0 aromatic heterocycles. The van der Waals surface area contributed by atoms with Crippen LogP contribution >= 0.6 is 0 Å². The number of hydrogen-bond acceptors (Lipinski definition) is 5. The van der Waals surface area contributed by atoms with Gasteiger partial charge in [0.25, 0.3) is 0 Å². The molecule has 0 unspecified atom stereocenters. The Hall–Kier alpha value is -1.89. The van der Waals surface area contributed by atoms with E-state index < -0.39 is 50.0 Å². The summed E-state index contributed by atoms with van der Waals surface area (Å²) in [7, 11) is 0. The van der Waals surface area contributed by atoms with Gasteiger partial charge in [0.05, 0.1) is 0 Å². The maximum absolute atomic E-state index is 12.9. The lowest BCUT2D eigenvalue weighted by molar-refractivity contribution is -0.517. The molecule has 0 N–H and O–H groups in total. The molecule has 0 rings (SSSR count). The van der Waals surface area contributed by atoms with Gasteiger partial charge in [0.1, 0.15) is 6.26 Å².